The number of piperidine rings is 1. The van der Waals surface area contributed by atoms with Gasteiger partial charge in [0.25, 0.3) is 15.7 Å². The normalized spacial score (nSPS) is 18.2. The first kappa shape index (κ1) is 19.3. The Bertz CT molecular complexity index is 913. The van der Waals surface area contributed by atoms with Gasteiger partial charge in [-0.2, -0.15) is 0 Å². The molecular formula is C19H23N3O4S. The van der Waals surface area contributed by atoms with Crippen LogP contribution >= 0.6 is 0 Å². The summed E-state index contributed by atoms with van der Waals surface area (Å²) in [5.41, 5.74) is 1.04. The summed E-state index contributed by atoms with van der Waals surface area (Å²) in [4.78, 5) is 12.4. The van der Waals surface area contributed by atoms with Crippen LogP contribution < -0.4 is 4.72 Å². The van der Waals surface area contributed by atoms with Gasteiger partial charge < -0.3 is 0 Å². The average molecular weight is 389 g/mol. The molecule has 1 unspecified atom stereocenters. The van der Waals surface area contributed by atoms with Gasteiger partial charge in [-0.15, -0.1) is 0 Å². The standard InChI is InChI=1S/C19H23N3O4S/c1-15-5-4-12-21(13-15)14-16-8-10-17(11-9-16)20-27(25,26)19-7-3-2-6-18(19)22(23)24/h2-3,6-11,15,20H,4-5,12-14H2,1H3. The number of nitrogens with one attached hydrogen (secondary N) is 1. The Morgan fingerprint density at radius 1 is 1.19 bits per heavy atom. The van der Waals surface area contributed by atoms with Crippen molar-refractivity contribution >= 4 is 21.4 Å². The molecule has 0 aliphatic carbocycles. The SMILES string of the molecule is CC1CCCN(Cc2ccc(NS(=O)(=O)c3ccccc3[N+](=O)[O-])cc2)C1. The number of nitrogens with zero attached hydrogens (tertiary/aromatic N) is 2. The zero-order chi connectivity index (χ0) is 19.4. The van der Waals surface area contributed by atoms with Gasteiger partial charge in [0.1, 0.15) is 0 Å². The molecule has 0 saturated carbocycles. The Balaban J connectivity index is 1.72. The summed E-state index contributed by atoms with van der Waals surface area (Å²) in [6, 6.07) is 12.5. The Kier molecular flexibility index (Phi) is 5.76. The van der Waals surface area contributed by atoms with Crippen LogP contribution in [-0.2, 0) is 16.6 Å². The van der Waals surface area contributed by atoms with Crippen molar-refractivity contribution in [3.05, 3.63) is 64.2 Å². The van der Waals surface area contributed by atoms with Crippen molar-refractivity contribution in [3.8, 4) is 0 Å². The Morgan fingerprint density at radius 2 is 1.89 bits per heavy atom. The lowest BCUT2D eigenvalue weighted by molar-refractivity contribution is -0.387. The smallest absolute Gasteiger partial charge is 0.289 e. The summed E-state index contributed by atoms with van der Waals surface area (Å²) in [7, 11) is -4.04. The summed E-state index contributed by atoms with van der Waals surface area (Å²) in [6.45, 7) is 5.25. The van der Waals surface area contributed by atoms with Gasteiger partial charge in [-0.3, -0.25) is 19.7 Å². The molecule has 0 aromatic heterocycles. The number of para-hydroxylation sites is 1. The fourth-order valence-electron chi connectivity index (χ4n) is 3.41. The van der Waals surface area contributed by atoms with Crippen LogP contribution in [0.25, 0.3) is 0 Å². The first-order valence-electron chi connectivity index (χ1n) is 8.93. The Labute approximate surface area is 159 Å². The van der Waals surface area contributed by atoms with Crippen LogP contribution in [0, 0.1) is 16.0 Å². The van der Waals surface area contributed by atoms with Gasteiger partial charge in [-0.1, -0.05) is 31.2 Å². The van der Waals surface area contributed by atoms with Crippen LogP contribution in [-0.4, -0.2) is 31.3 Å². The van der Waals surface area contributed by atoms with E-state index in [2.05, 4.69) is 16.5 Å². The van der Waals surface area contributed by atoms with Crippen molar-refractivity contribution in [1.29, 1.82) is 0 Å². The van der Waals surface area contributed by atoms with Gasteiger partial charge in [0.05, 0.1) is 4.92 Å². The Hall–Kier alpha value is -2.45. The second-order valence-electron chi connectivity index (χ2n) is 7.01. The van der Waals surface area contributed by atoms with Crippen LogP contribution in [0.3, 0.4) is 0 Å². The molecule has 1 heterocycles. The first-order valence-corrected chi connectivity index (χ1v) is 10.4. The summed E-state index contributed by atoms with van der Waals surface area (Å²) in [6.07, 6.45) is 2.47. The van der Waals surface area contributed by atoms with Gasteiger partial charge in [-0.05, 0) is 49.1 Å². The van der Waals surface area contributed by atoms with E-state index in [1.807, 2.05) is 12.1 Å². The van der Waals surface area contributed by atoms with E-state index in [1.54, 1.807) is 12.1 Å². The molecule has 3 rings (SSSR count). The average Bonchev–Trinajstić information content (AvgIpc) is 2.63. The van der Waals surface area contributed by atoms with E-state index < -0.39 is 20.6 Å². The van der Waals surface area contributed by atoms with E-state index in [4.69, 9.17) is 0 Å². The fourth-order valence-corrected chi connectivity index (χ4v) is 4.64. The zero-order valence-corrected chi connectivity index (χ0v) is 16.0. The highest BCUT2D eigenvalue weighted by molar-refractivity contribution is 7.92. The molecular weight excluding hydrogens is 366 g/mol. The van der Waals surface area contributed by atoms with Crippen LogP contribution in [0.5, 0.6) is 0 Å². The third-order valence-corrected chi connectivity index (χ3v) is 6.13. The molecule has 1 fully saturated rings. The number of nitro benzene ring substituents is 1. The molecule has 1 N–H and O–H groups in total. The van der Waals surface area contributed by atoms with Crippen LogP contribution in [0.1, 0.15) is 25.3 Å². The summed E-state index contributed by atoms with van der Waals surface area (Å²) < 4.78 is 27.5. The van der Waals surface area contributed by atoms with Crippen molar-refractivity contribution in [1.82, 2.24) is 4.90 Å². The van der Waals surface area contributed by atoms with Crippen molar-refractivity contribution < 1.29 is 13.3 Å². The summed E-state index contributed by atoms with van der Waals surface area (Å²) in [5, 5.41) is 11.1. The molecule has 1 aliphatic heterocycles. The molecule has 1 atom stereocenters. The maximum absolute atomic E-state index is 12.5. The largest absolute Gasteiger partial charge is 0.299 e. The third-order valence-electron chi connectivity index (χ3n) is 4.70. The van der Waals surface area contributed by atoms with E-state index in [-0.39, 0.29) is 4.90 Å². The predicted octanol–water partition coefficient (Wildman–Crippen LogP) is 3.63. The Morgan fingerprint density at radius 3 is 2.56 bits per heavy atom. The molecule has 1 saturated heterocycles. The number of hydrogen-bond donors (Lipinski definition) is 1. The van der Waals surface area contributed by atoms with E-state index in [0.717, 1.165) is 25.2 Å². The molecule has 144 valence electrons. The highest BCUT2D eigenvalue weighted by atomic mass is 32.2. The zero-order valence-electron chi connectivity index (χ0n) is 15.2. The molecule has 8 heteroatoms. The molecule has 1 aliphatic rings. The van der Waals surface area contributed by atoms with Crippen molar-refractivity contribution in [2.75, 3.05) is 17.8 Å². The maximum Gasteiger partial charge on any atom is 0.289 e. The van der Waals surface area contributed by atoms with E-state index in [1.165, 1.54) is 37.1 Å². The molecule has 2 aromatic carbocycles. The maximum atomic E-state index is 12.5. The second-order valence-corrected chi connectivity index (χ2v) is 8.66. The number of nitro groups is 1. The first-order chi connectivity index (χ1) is 12.8. The van der Waals surface area contributed by atoms with Gasteiger partial charge in [-0.25, -0.2) is 8.42 Å². The molecule has 0 radical (unpaired) electrons. The molecule has 2 aromatic rings. The molecule has 27 heavy (non-hydrogen) atoms. The topological polar surface area (TPSA) is 92.6 Å². The minimum atomic E-state index is -4.04. The van der Waals surface area contributed by atoms with Crippen molar-refractivity contribution in [3.63, 3.8) is 0 Å². The van der Waals surface area contributed by atoms with Crippen LogP contribution in [0.4, 0.5) is 11.4 Å². The number of likely N-dealkylation sites (tertiary alicyclic amines) is 1. The monoisotopic (exact) mass is 389 g/mol. The van der Waals surface area contributed by atoms with Crippen LogP contribution in [0.2, 0.25) is 0 Å². The number of anilines is 1. The number of benzene rings is 2. The van der Waals surface area contributed by atoms with E-state index in [0.29, 0.717) is 11.6 Å². The van der Waals surface area contributed by atoms with Gasteiger partial charge in [0, 0.05) is 24.8 Å². The van der Waals surface area contributed by atoms with Crippen molar-refractivity contribution in [2.45, 2.75) is 31.2 Å². The number of hydrogen-bond acceptors (Lipinski definition) is 5. The minimum absolute atomic E-state index is 0.346. The second kappa shape index (κ2) is 8.06. The number of sulfonamides is 1. The predicted molar refractivity (Wildman–Crippen MR) is 104 cm³/mol. The highest BCUT2D eigenvalue weighted by Gasteiger charge is 2.25. The van der Waals surface area contributed by atoms with Crippen LogP contribution in [0.15, 0.2) is 53.4 Å². The lowest BCUT2D eigenvalue weighted by atomic mass is 10.00. The quantitative estimate of drug-likeness (QED) is 0.602. The third kappa shape index (κ3) is 4.84. The summed E-state index contributed by atoms with van der Waals surface area (Å²) in [5.74, 6) is 0.700. The van der Waals surface area contributed by atoms with E-state index in [9.17, 15) is 18.5 Å². The highest BCUT2D eigenvalue weighted by Crippen LogP contribution is 2.25. The lowest BCUT2D eigenvalue weighted by Gasteiger charge is -2.30. The number of rotatable bonds is 6. The fraction of sp³-hybridized carbons (Fsp3) is 0.368. The lowest BCUT2D eigenvalue weighted by Crippen LogP contribution is -2.33. The minimum Gasteiger partial charge on any atom is -0.299 e. The van der Waals surface area contributed by atoms with Gasteiger partial charge >= 0.3 is 0 Å². The molecule has 0 spiro atoms. The molecule has 0 bridgehead atoms. The van der Waals surface area contributed by atoms with Gasteiger partial charge in [0.2, 0.25) is 0 Å². The summed E-state index contributed by atoms with van der Waals surface area (Å²) >= 11 is 0. The van der Waals surface area contributed by atoms with Crippen molar-refractivity contribution in [2.24, 2.45) is 5.92 Å². The van der Waals surface area contributed by atoms with E-state index >= 15 is 0 Å². The molecule has 7 nitrogen and oxygen atoms in total. The molecule has 0 amide bonds. The van der Waals surface area contributed by atoms with Gasteiger partial charge in [0.15, 0.2) is 4.90 Å².